The maximum atomic E-state index is 5.56. The quantitative estimate of drug-likeness (QED) is 0.510. The van der Waals surface area contributed by atoms with Crippen LogP contribution in [0.1, 0.15) is 49.8 Å². The van der Waals surface area contributed by atoms with E-state index in [0.717, 1.165) is 34.1 Å². The third-order valence-electron chi connectivity index (χ3n) is 4.06. The average Bonchev–Trinajstić information content (AvgIpc) is 2.61. The van der Waals surface area contributed by atoms with Gasteiger partial charge in [0.05, 0.1) is 5.03 Å². The van der Waals surface area contributed by atoms with Crippen molar-refractivity contribution in [3.63, 3.8) is 0 Å². The summed E-state index contributed by atoms with van der Waals surface area (Å²) in [6.07, 6.45) is 9.45. The highest BCUT2D eigenvalue weighted by molar-refractivity contribution is 8.03. The van der Waals surface area contributed by atoms with E-state index in [1.54, 1.807) is 11.8 Å². The molecule has 1 aromatic carbocycles. The van der Waals surface area contributed by atoms with E-state index < -0.39 is 0 Å². The van der Waals surface area contributed by atoms with Crippen molar-refractivity contribution in [1.29, 1.82) is 0 Å². The van der Waals surface area contributed by atoms with Gasteiger partial charge in [-0.25, -0.2) is 4.98 Å². The molecule has 124 valence electrons. The van der Waals surface area contributed by atoms with Crippen molar-refractivity contribution in [2.24, 2.45) is 0 Å². The molecule has 0 radical (unpaired) electrons. The number of terminal acetylenes is 1. The molecule has 1 N–H and O–H groups in total. The van der Waals surface area contributed by atoms with Crippen molar-refractivity contribution in [1.82, 2.24) is 4.98 Å². The number of benzene rings is 1. The highest BCUT2D eigenvalue weighted by Crippen LogP contribution is 2.35. The summed E-state index contributed by atoms with van der Waals surface area (Å²) in [4.78, 5) is 5.52. The van der Waals surface area contributed by atoms with Gasteiger partial charge in [0, 0.05) is 16.7 Å². The second kappa shape index (κ2) is 8.61. The van der Waals surface area contributed by atoms with Gasteiger partial charge in [0.1, 0.15) is 5.82 Å². The number of aryl methyl sites for hydroxylation is 1. The van der Waals surface area contributed by atoms with Crippen molar-refractivity contribution >= 4 is 17.6 Å². The first-order chi connectivity index (χ1) is 11.6. The fourth-order valence-electron chi connectivity index (χ4n) is 2.40. The first-order valence-electron chi connectivity index (χ1n) is 8.26. The second-order valence-electron chi connectivity index (χ2n) is 5.76. The molecule has 1 atom stereocenters. The van der Waals surface area contributed by atoms with Crippen LogP contribution >= 0.6 is 11.8 Å². The van der Waals surface area contributed by atoms with E-state index in [1.807, 2.05) is 18.3 Å². The molecule has 0 aliphatic heterocycles. The van der Waals surface area contributed by atoms with Crippen LogP contribution in [0.15, 0.2) is 53.0 Å². The van der Waals surface area contributed by atoms with Crippen LogP contribution in [0.2, 0.25) is 0 Å². The van der Waals surface area contributed by atoms with Crippen LogP contribution in [0.5, 0.6) is 0 Å². The van der Waals surface area contributed by atoms with Crippen LogP contribution in [-0.4, -0.2) is 4.98 Å². The Labute approximate surface area is 149 Å². The average molecular weight is 337 g/mol. The molecule has 0 spiro atoms. The van der Waals surface area contributed by atoms with Crippen molar-refractivity contribution in [2.75, 3.05) is 5.32 Å². The van der Waals surface area contributed by atoms with Crippen LogP contribution in [0.3, 0.4) is 0 Å². The smallest absolute Gasteiger partial charge is 0.130 e. The summed E-state index contributed by atoms with van der Waals surface area (Å²) in [7, 11) is 0. The zero-order valence-electron chi connectivity index (χ0n) is 14.6. The molecule has 1 aromatic heterocycles. The molecular formula is C21H24N2S. The SMILES string of the molecule is C#Cc1ccc(C(C)CC)c(SC(=C)Nc2cc(CC)ccn2)c1. The third kappa shape index (κ3) is 4.66. The predicted octanol–water partition coefficient (Wildman–Crippen LogP) is 5.81. The molecule has 0 aliphatic carbocycles. The lowest BCUT2D eigenvalue weighted by Gasteiger charge is -2.16. The van der Waals surface area contributed by atoms with Crippen molar-refractivity contribution in [3.8, 4) is 12.3 Å². The summed E-state index contributed by atoms with van der Waals surface area (Å²) in [6.45, 7) is 10.7. The monoisotopic (exact) mass is 336 g/mol. The fraction of sp³-hybridized carbons (Fsp3) is 0.286. The number of rotatable bonds is 7. The zero-order chi connectivity index (χ0) is 17.5. The summed E-state index contributed by atoms with van der Waals surface area (Å²) in [5.74, 6) is 4.02. The normalized spacial score (nSPS) is 11.6. The lowest BCUT2D eigenvalue weighted by molar-refractivity contribution is 0.719. The Morgan fingerprint density at radius 3 is 2.79 bits per heavy atom. The number of nitrogens with one attached hydrogen (secondary N) is 1. The number of thioether (sulfide) groups is 1. The number of pyridine rings is 1. The van der Waals surface area contributed by atoms with Crippen molar-refractivity contribution in [3.05, 3.63) is 64.8 Å². The Kier molecular flexibility index (Phi) is 6.52. The molecule has 1 unspecified atom stereocenters. The van der Waals surface area contributed by atoms with Crippen LogP contribution in [0.4, 0.5) is 5.82 Å². The molecule has 24 heavy (non-hydrogen) atoms. The Bertz CT molecular complexity index is 759. The standard InChI is InChI=1S/C21H24N2S/c1-6-15(4)19-10-9-17(7-2)13-20(19)24-16(5)23-21-14-18(8-3)11-12-22-21/h2,9-15H,5-6,8H2,1,3-4H3,(H,22,23). The van der Waals surface area contributed by atoms with Gasteiger partial charge < -0.3 is 5.32 Å². The Balaban J connectivity index is 2.19. The van der Waals surface area contributed by atoms with Gasteiger partial charge in [0.15, 0.2) is 0 Å². The topological polar surface area (TPSA) is 24.9 Å². The molecule has 0 saturated heterocycles. The van der Waals surface area contributed by atoms with Gasteiger partial charge in [0.2, 0.25) is 0 Å². The maximum Gasteiger partial charge on any atom is 0.130 e. The molecule has 3 heteroatoms. The third-order valence-corrected chi connectivity index (χ3v) is 4.98. The van der Waals surface area contributed by atoms with Gasteiger partial charge in [0.25, 0.3) is 0 Å². The second-order valence-corrected chi connectivity index (χ2v) is 6.90. The summed E-state index contributed by atoms with van der Waals surface area (Å²) >= 11 is 1.61. The van der Waals surface area contributed by atoms with E-state index >= 15 is 0 Å². The molecule has 0 aliphatic rings. The summed E-state index contributed by atoms with van der Waals surface area (Å²) in [5, 5.41) is 4.13. The number of hydrogen-bond acceptors (Lipinski definition) is 3. The Morgan fingerprint density at radius 2 is 2.12 bits per heavy atom. The van der Waals surface area contributed by atoms with Crippen LogP contribution < -0.4 is 5.32 Å². The van der Waals surface area contributed by atoms with E-state index in [1.165, 1.54) is 11.1 Å². The number of anilines is 1. The van der Waals surface area contributed by atoms with Crippen LogP contribution in [0.25, 0.3) is 0 Å². The minimum atomic E-state index is 0.480. The first-order valence-corrected chi connectivity index (χ1v) is 9.08. The van der Waals surface area contributed by atoms with Gasteiger partial charge in [-0.2, -0.15) is 0 Å². The first kappa shape index (κ1) is 18.2. The number of nitrogens with zero attached hydrogens (tertiary/aromatic N) is 1. The predicted molar refractivity (Wildman–Crippen MR) is 105 cm³/mol. The molecule has 2 nitrogen and oxygen atoms in total. The lowest BCUT2D eigenvalue weighted by Crippen LogP contribution is -2.00. The lowest BCUT2D eigenvalue weighted by atomic mass is 9.97. The summed E-state index contributed by atoms with van der Waals surface area (Å²) < 4.78 is 0. The highest BCUT2D eigenvalue weighted by Gasteiger charge is 2.12. The molecule has 0 fully saturated rings. The van der Waals surface area contributed by atoms with Gasteiger partial charge in [-0.1, -0.05) is 51.1 Å². The van der Waals surface area contributed by atoms with Crippen molar-refractivity contribution < 1.29 is 0 Å². The fourth-order valence-corrected chi connectivity index (χ4v) is 3.40. The minimum absolute atomic E-state index is 0.480. The van der Waals surface area contributed by atoms with Gasteiger partial charge in [-0.3, -0.25) is 0 Å². The largest absolute Gasteiger partial charge is 0.335 e. The molecule has 2 rings (SSSR count). The van der Waals surface area contributed by atoms with E-state index in [9.17, 15) is 0 Å². The molecule has 0 amide bonds. The zero-order valence-corrected chi connectivity index (χ0v) is 15.4. The molecule has 0 saturated carbocycles. The van der Waals surface area contributed by atoms with Gasteiger partial charge in [-0.05, 0) is 54.2 Å². The van der Waals surface area contributed by atoms with E-state index in [0.29, 0.717) is 5.92 Å². The highest BCUT2D eigenvalue weighted by atomic mass is 32.2. The summed E-state index contributed by atoms with van der Waals surface area (Å²) in [6, 6.07) is 10.3. The van der Waals surface area contributed by atoms with E-state index in [-0.39, 0.29) is 0 Å². The molecule has 1 heterocycles. The van der Waals surface area contributed by atoms with E-state index in [4.69, 9.17) is 6.42 Å². The number of hydrogen-bond donors (Lipinski definition) is 1. The van der Waals surface area contributed by atoms with Crippen LogP contribution in [0, 0.1) is 12.3 Å². The van der Waals surface area contributed by atoms with Crippen molar-refractivity contribution in [2.45, 2.75) is 44.4 Å². The van der Waals surface area contributed by atoms with Crippen LogP contribution in [-0.2, 0) is 6.42 Å². The molecule has 2 aromatic rings. The minimum Gasteiger partial charge on any atom is -0.335 e. The maximum absolute atomic E-state index is 5.56. The van der Waals surface area contributed by atoms with Gasteiger partial charge >= 0.3 is 0 Å². The molecular weight excluding hydrogens is 312 g/mol. The molecule has 0 bridgehead atoms. The van der Waals surface area contributed by atoms with E-state index in [2.05, 4.69) is 61.8 Å². The van der Waals surface area contributed by atoms with Gasteiger partial charge in [-0.15, -0.1) is 6.42 Å². The number of aromatic nitrogens is 1. The Hall–Kier alpha value is -2.18. The Morgan fingerprint density at radius 1 is 1.33 bits per heavy atom. The summed E-state index contributed by atoms with van der Waals surface area (Å²) in [5.41, 5.74) is 3.45.